The maximum atomic E-state index is 9.65. The van der Waals surface area contributed by atoms with Gasteiger partial charge in [0.15, 0.2) is 0 Å². The van der Waals surface area contributed by atoms with Gasteiger partial charge >= 0.3 is 21.6 Å². The SMILES string of the molecule is N[C@@H](CO)C(=O)O.O=P(O)(O)O.O=P(O)(O)O. The lowest BCUT2D eigenvalue weighted by Gasteiger charge is -1.96. The molecule has 0 spiro atoms. The van der Waals surface area contributed by atoms with Crippen molar-refractivity contribution in [2.45, 2.75) is 6.04 Å². The van der Waals surface area contributed by atoms with Gasteiger partial charge in [-0.15, -0.1) is 0 Å². The molecule has 14 heteroatoms. The number of aliphatic carboxylic acids is 1. The molecule has 0 aliphatic heterocycles. The van der Waals surface area contributed by atoms with E-state index in [0.29, 0.717) is 0 Å². The van der Waals surface area contributed by atoms with Crippen molar-refractivity contribution in [3.8, 4) is 0 Å². The summed E-state index contributed by atoms with van der Waals surface area (Å²) < 4.78 is 17.8. The van der Waals surface area contributed by atoms with E-state index < -0.39 is 34.3 Å². The number of nitrogens with two attached hydrogens (primary N) is 1. The zero-order valence-electron chi connectivity index (χ0n) is 8.06. The van der Waals surface area contributed by atoms with Gasteiger partial charge in [-0.05, 0) is 0 Å². The summed E-state index contributed by atoms with van der Waals surface area (Å²) in [6.07, 6.45) is 0. The van der Waals surface area contributed by atoms with Gasteiger partial charge in [0.2, 0.25) is 0 Å². The zero-order valence-corrected chi connectivity index (χ0v) is 9.85. The molecule has 0 bridgehead atoms. The van der Waals surface area contributed by atoms with Gasteiger partial charge in [-0.3, -0.25) is 4.79 Å². The second-order valence-electron chi connectivity index (χ2n) is 2.15. The summed E-state index contributed by atoms with van der Waals surface area (Å²) in [4.78, 5) is 52.8. The third kappa shape index (κ3) is 91.9. The predicted molar refractivity (Wildman–Crippen MR) is 51.2 cm³/mol. The molecule has 0 aliphatic rings. The van der Waals surface area contributed by atoms with Crippen LogP contribution >= 0.6 is 15.6 Å². The van der Waals surface area contributed by atoms with Crippen LogP contribution in [0.4, 0.5) is 0 Å². The molecule has 0 aliphatic carbocycles. The van der Waals surface area contributed by atoms with Crippen molar-refractivity contribution in [3.05, 3.63) is 0 Å². The van der Waals surface area contributed by atoms with Gasteiger partial charge in [-0.1, -0.05) is 0 Å². The van der Waals surface area contributed by atoms with E-state index in [2.05, 4.69) is 0 Å². The van der Waals surface area contributed by atoms with E-state index in [1.54, 1.807) is 0 Å². The summed E-state index contributed by atoms with van der Waals surface area (Å²) in [7, 11) is -9.28. The van der Waals surface area contributed by atoms with E-state index in [1.807, 2.05) is 0 Å². The smallest absolute Gasteiger partial charge is 0.466 e. The second kappa shape index (κ2) is 9.62. The zero-order chi connectivity index (χ0) is 14.9. The van der Waals surface area contributed by atoms with Crippen molar-refractivity contribution in [2.24, 2.45) is 5.73 Å². The topological polar surface area (TPSA) is 239 Å². The third-order valence-corrected chi connectivity index (χ3v) is 0.514. The molecule has 12 nitrogen and oxygen atoms in total. The molecular weight excluding hydrogens is 288 g/mol. The van der Waals surface area contributed by atoms with Crippen LogP contribution in [0.15, 0.2) is 0 Å². The maximum absolute atomic E-state index is 9.65. The predicted octanol–water partition coefficient (Wildman–Crippen LogP) is -3.47. The highest BCUT2D eigenvalue weighted by Gasteiger charge is 2.07. The molecular formula is C3H13NO11P2. The second-order valence-corrected chi connectivity index (χ2v) is 4.21. The highest BCUT2D eigenvalue weighted by atomic mass is 31.2. The van der Waals surface area contributed by atoms with Crippen molar-refractivity contribution in [1.82, 2.24) is 0 Å². The van der Waals surface area contributed by atoms with Crippen LogP contribution in [0.2, 0.25) is 0 Å². The van der Waals surface area contributed by atoms with Crippen molar-refractivity contribution >= 4 is 21.6 Å². The van der Waals surface area contributed by atoms with Crippen LogP contribution in [0.1, 0.15) is 0 Å². The van der Waals surface area contributed by atoms with E-state index in [1.165, 1.54) is 0 Å². The number of aliphatic hydroxyl groups is 1. The minimum Gasteiger partial charge on any atom is -0.480 e. The average Bonchev–Trinajstić information content (AvgIpc) is 1.96. The molecule has 0 amide bonds. The van der Waals surface area contributed by atoms with E-state index in [4.69, 9.17) is 54.4 Å². The quantitative estimate of drug-likeness (QED) is 0.226. The Morgan fingerprint density at radius 1 is 1.00 bits per heavy atom. The van der Waals surface area contributed by atoms with Crippen LogP contribution in [0.3, 0.4) is 0 Å². The van der Waals surface area contributed by atoms with E-state index in [9.17, 15) is 4.79 Å². The Hall–Kier alpha value is -0.390. The van der Waals surface area contributed by atoms with Gasteiger partial charge in [0, 0.05) is 0 Å². The monoisotopic (exact) mass is 301 g/mol. The van der Waals surface area contributed by atoms with Gasteiger partial charge in [0.1, 0.15) is 6.04 Å². The molecule has 0 aromatic rings. The van der Waals surface area contributed by atoms with Crippen LogP contribution < -0.4 is 5.73 Å². The molecule has 0 unspecified atom stereocenters. The minimum atomic E-state index is -4.64. The highest BCUT2D eigenvalue weighted by molar-refractivity contribution is 7.45. The Morgan fingerprint density at radius 2 is 1.18 bits per heavy atom. The molecule has 0 saturated carbocycles. The first-order chi connectivity index (χ1) is 7.18. The summed E-state index contributed by atoms with van der Waals surface area (Å²) in [5.41, 5.74) is 4.77. The molecule has 0 saturated heterocycles. The summed E-state index contributed by atoms with van der Waals surface area (Å²) in [6, 6.07) is -1.13. The molecule has 0 aromatic carbocycles. The number of aliphatic hydroxyl groups excluding tert-OH is 1. The first kappa shape index (κ1) is 21.9. The first-order valence-corrected chi connectivity index (χ1v) is 6.47. The van der Waals surface area contributed by atoms with E-state index >= 15 is 0 Å². The minimum absolute atomic E-state index is 0.505. The van der Waals surface area contributed by atoms with Crippen LogP contribution in [-0.4, -0.2) is 58.2 Å². The average molecular weight is 301 g/mol. The lowest BCUT2D eigenvalue weighted by atomic mass is 10.3. The lowest BCUT2D eigenvalue weighted by Crippen LogP contribution is -2.33. The molecule has 106 valence electrons. The fourth-order valence-corrected chi connectivity index (χ4v) is 0.0781. The summed E-state index contributed by atoms with van der Waals surface area (Å²) in [6.45, 7) is -0.505. The summed E-state index contributed by atoms with van der Waals surface area (Å²) in [5.74, 6) is -1.18. The van der Waals surface area contributed by atoms with Gasteiger partial charge < -0.3 is 45.3 Å². The molecule has 17 heavy (non-hydrogen) atoms. The van der Waals surface area contributed by atoms with Crippen LogP contribution in [0, 0.1) is 0 Å². The van der Waals surface area contributed by atoms with Gasteiger partial charge in [0.25, 0.3) is 0 Å². The Labute approximate surface area is 94.4 Å². The van der Waals surface area contributed by atoms with E-state index in [-0.39, 0.29) is 0 Å². The van der Waals surface area contributed by atoms with Crippen molar-refractivity contribution in [1.29, 1.82) is 0 Å². The Kier molecular flexibility index (Phi) is 12.4. The fraction of sp³-hybridized carbons (Fsp3) is 0.667. The number of hydrogen-bond donors (Lipinski definition) is 9. The number of carboxylic acids is 1. The number of carbonyl (C=O) groups is 1. The summed E-state index contributed by atoms with van der Waals surface area (Å²) >= 11 is 0. The standard InChI is InChI=1S/C3H7NO3.2H3O4P/c4-2(1-5)3(6)7;2*1-5(2,3)4/h2,5H,1,4H2,(H,6,7);2*(H3,1,2,3,4)/t2-;;/m0../s1. The fourth-order valence-electron chi connectivity index (χ4n) is 0.0781. The molecule has 0 fully saturated rings. The third-order valence-electron chi connectivity index (χ3n) is 0.514. The Morgan fingerprint density at radius 3 is 1.18 bits per heavy atom. The van der Waals surface area contributed by atoms with Crippen molar-refractivity contribution in [2.75, 3.05) is 6.61 Å². The highest BCUT2D eigenvalue weighted by Crippen LogP contribution is 2.26. The molecule has 1 atom stereocenters. The molecule has 0 heterocycles. The number of carboxylic acid groups (broad SMARTS) is 1. The Bertz CT molecular complexity index is 255. The molecule has 0 aromatic heterocycles. The number of phosphoric acid groups is 2. The normalized spacial score (nSPS) is 12.5. The van der Waals surface area contributed by atoms with Gasteiger partial charge in [-0.25, -0.2) is 9.13 Å². The van der Waals surface area contributed by atoms with Gasteiger partial charge in [-0.2, -0.15) is 0 Å². The molecule has 0 radical (unpaired) electrons. The van der Waals surface area contributed by atoms with Gasteiger partial charge in [0.05, 0.1) is 6.61 Å². The van der Waals surface area contributed by atoms with Crippen molar-refractivity contribution < 1.29 is 53.5 Å². The van der Waals surface area contributed by atoms with Crippen molar-refractivity contribution in [3.63, 3.8) is 0 Å². The molecule has 0 rings (SSSR count). The molecule has 10 N–H and O–H groups in total. The Balaban J connectivity index is -0.000000177. The van der Waals surface area contributed by atoms with Crippen LogP contribution in [0.25, 0.3) is 0 Å². The number of rotatable bonds is 2. The maximum Gasteiger partial charge on any atom is 0.466 e. The first-order valence-electron chi connectivity index (χ1n) is 3.34. The lowest BCUT2D eigenvalue weighted by molar-refractivity contribution is -0.139. The number of hydrogen-bond acceptors (Lipinski definition) is 5. The van der Waals surface area contributed by atoms with E-state index in [0.717, 1.165) is 0 Å². The van der Waals surface area contributed by atoms with Crippen LogP contribution in [0.5, 0.6) is 0 Å². The van der Waals surface area contributed by atoms with Crippen LogP contribution in [-0.2, 0) is 13.9 Å². The largest absolute Gasteiger partial charge is 0.480 e. The summed E-state index contributed by atoms with van der Waals surface area (Å²) in [5, 5.41) is 15.9.